The molecular weight excluding hydrogens is 417 g/mol. The Balaban J connectivity index is 2.67. The van der Waals surface area contributed by atoms with Crippen LogP contribution in [0, 0.1) is 11.3 Å². The van der Waals surface area contributed by atoms with Gasteiger partial charge in [-0.25, -0.2) is 4.68 Å². The van der Waals surface area contributed by atoms with Gasteiger partial charge in [-0.15, -0.1) is 0 Å². The zero-order chi connectivity index (χ0) is 15.8. The maximum atomic E-state index is 12.8. The van der Waals surface area contributed by atoms with Gasteiger partial charge >= 0.3 is 6.18 Å². The SMILES string of the molecule is CNc1c(C#N)cnn1-c1c(Br)cc(C(F)(F)F)cc1Br. The second-order valence-electron chi connectivity index (χ2n) is 3.97. The summed E-state index contributed by atoms with van der Waals surface area (Å²) in [7, 11) is 1.60. The van der Waals surface area contributed by atoms with Crippen LogP contribution < -0.4 is 5.32 Å². The van der Waals surface area contributed by atoms with E-state index in [1.165, 1.54) is 10.9 Å². The van der Waals surface area contributed by atoms with Crippen molar-refractivity contribution < 1.29 is 13.2 Å². The molecule has 0 spiro atoms. The maximum absolute atomic E-state index is 12.8. The van der Waals surface area contributed by atoms with Crippen LogP contribution in [0.5, 0.6) is 0 Å². The zero-order valence-electron chi connectivity index (χ0n) is 10.5. The van der Waals surface area contributed by atoms with E-state index in [-0.39, 0.29) is 14.5 Å². The number of aromatic nitrogens is 2. The number of benzene rings is 1. The van der Waals surface area contributed by atoms with E-state index < -0.39 is 11.7 Å². The van der Waals surface area contributed by atoms with Gasteiger partial charge in [-0.05, 0) is 44.0 Å². The van der Waals surface area contributed by atoms with Crippen molar-refractivity contribution in [3.63, 3.8) is 0 Å². The van der Waals surface area contributed by atoms with Gasteiger partial charge in [0.1, 0.15) is 17.5 Å². The molecule has 0 bridgehead atoms. The van der Waals surface area contributed by atoms with Gasteiger partial charge in [-0.3, -0.25) is 0 Å². The molecule has 1 aromatic heterocycles. The fourth-order valence-corrected chi connectivity index (χ4v) is 3.29. The van der Waals surface area contributed by atoms with Crippen molar-refractivity contribution in [2.24, 2.45) is 0 Å². The topological polar surface area (TPSA) is 53.6 Å². The smallest absolute Gasteiger partial charge is 0.372 e. The Bertz CT molecular complexity index is 708. The number of nitriles is 1. The van der Waals surface area contributed by atoms with Crippen molar-refractivity contribution in [2.45, 2.75) is 6.18 Å². The van der Waals surface area contributed by atoms with E-state index in [4.69, 9.17) is 5.26 Å². The Hall–Kier alpha value is -1.53. The quantitative estimate of drug-likeness (QED) is 0.782. The molecule has 21 heavy (non-hydrogen) atoms. The third-order valence-electron chi connectivity index (χ3n) is 2.68. The lowest BCUT2D eigenvalue weighted by Crippen LogP contribution is -2.09. The number of rotatable bonds is 2. The first kappa shape index (κ1) is 15.9. The van der Waals surface area contributed by atoms with Gasteiger partial charge in [0, 0.05) is 16.0 Å². The molecule has 110 valence electrons. The number of halogens is 5. The molecule has 0 unspecified atom stereocenters. The van der Waals surface area contributed by atoms with Gasteiger partial charge in [0.2, 0.25) is 0 Å². The average Bonchev–Trinajstić information content (AvgIpc) is 2.79. The summed E-state index contributed by atoms with van der Waals surface area (Å²) < 4.78 is 40.1. The van der Waals surface area contributed by atoms with Crippen LogP contribution in [0.3, 0.4) is 0 Å². The summed E-state index contributed by atoms with van der Waals surface area (Å²) in [5, 5.41) is 15.8. The Kier molecular flexibility index (Phi) is 4.30. The Morgan fingerprint density at radius 2 is 1.86 bits per heavy atom. The summed E-state index contributed by atoms with van der Waals surface area (Å²) in [4.78, 5) is 0. The van der Waals surface area contributed by atoms with Crippen LogP contribution in [0.25, 0.3) is 5.69 Å². The summed E-state index contributed by atoms with van der Waals surface area (Å²) in [6.07, 6.45) is -3.11. The van der Waals surface area contributed by atoms with Crippen molar-refractivity contribution in [1.82, 2.24) is 9.78 Å². The highest BCUT2D eigenvalue weighted by molar-refractivity contribution is 9.11. The normalized spacial score (nSPS) is 11.3. The van der Waals surface area contributed by atoms with Crippen molar-refractivity contribution in [2.75, 3.05) is 12.4 Å². The van der Waals surface area contributed by atoms with Gasteiger partial charge in [-0.1, -0.05) is 0 Å². The maximum Gasteiger partial charge on any atom is 0.416 e. The zero-order valence-corrected chi connectivity index (χ0v) is 13.6. The first-order chi connectivity index (χ1) is 9.79. The number of alkyl halides is 3. The number of nitrogens with zero attached hydrogens (tertiary/aromatic N) is 3. The molecule has 9 heteroatoms. The number of hydrogen-bond acceptors (Lipinski definition) is 3. The summed E-state index contributed by atoms with van der Waals surface area (Å²) in [6.45, 7) is 0. The second-order valence-corrected chi connectivity index (χ2v) is 5.68. The van der Waals surface area contributed by atoms with E-state index >= 15 is 0 Å². The number of hydrogen-bond donors (Lipinski definition) is 1. The van der Waals surface area contributed by atoms with Crippen molar-refractivity contribution >= 4 is 37.7 Å². The molecule has 0 aliphatic heterocycles. The minimum atomic E-state index is -4.45. The first-order valence-electron chi connectivity index (χ1n) is 5.52. The lowest BCUT2D eigenvalue weighted by atomic mass is 10.2. The van der Waals surface area contributed by atoms with Crippen LogP contribution in [0.15, 0.2) is 27.3 Å². The molecule has 0 atom stereocenters. The largest absolute Gasteiger partial charge is 0.416 e. The monoisotopic (exact) mass is 422 g/mol. The van der Waals surface area contributed by atoms with Crippen molar-refractivity contribution in [3.05, 3.63) is 38.4 Å². The van der Waals surface area contributed by atoms with Crippen molar-refractivity contribution in [3.8, 4) is 11.8 Å². The highest BCUT2D eigenvalue weighted by atomic mass is 79.9. The van der Waals surface area contributed by atoms with Gasteiger partial charge in [0.15, 0.2) is 0 Å². The highest BCUT2D eigenvalue weighted by Crippen LogP contribution is 2.38. The molecule has 0 fully saturated rings. The molecule has 1 aromatic carbocycles. The average molecular weight is 424 g/mol. The molecule has 0 aliphatic carbocycles. The molecule has 1 N–H and O–H groups in total. The lowest BCUT2D eigenvalue weighted by molar-refractivity contribution is -0.137. The Morgan fingerprint density at radius 1 is 1.29 bits per heavy atom. The molecule has 1 heterocycles. The number of anilines is 1. The third-order valence-corrected chi connectivity index (χ3v) is 3.89. The Morgan fingerprint density at radius 3 is 2.29 bits per heavy atom. The van der Waals surface area contributed by atoms with E-state index in [1.807, 2.05) is 6.07 Å². The fraction of sp³-hybridized carbons (Fsp3) is 0.167. The van der Waals surface area contributed by atoms with Crippen molar-refractivity contribution in [1.29, 1.82) is 5.26 Å². The van der Waals surface area contributed by atoms with E-state index in [1.54, 1.807) is 7.05 Å². The van der Waals surface area contributed by atoms with Crippen LogP contribution in [-0.2, 0) is 6.18 Å². The first-order valence-corrected chi connectivity index (χ1v) is 7.10. The van der Waals surface area contributed by atoms with E-state index in [2.05, 4.69) is 42.3 Å². The molecule has 0 aliphatic rings. The molecule has 0 saturated carbocycles. The van der Waals surface area contributed by atoms with Crippen LogP contribution >= 0.6 is 31.9 Å². The molecular formula is C12H7Br2F3N4. The summed E-state index contributed by atoms with van der Waals surface area (Å²) in [5.74, 6) is 0.388. The predicted molar refractivity (Wildman–Crippen MR) is 78.2 cm³/mol. The van der Waals surface area contributed by atoms with Gasteiger partial charge in [0.25, 0.3) is 0 Å². The highest BCUT2D eigenvalue weighted by Gasteiger charge is 2.32. The van der Waals surface area contributed by atoms with E-state index in [9.17, 15) is 13.2 Å². The third kappa shape index (κ3) is 2.91. The van der Waals surface area contributed by atoms with Gasteiger partial charge < -0.3 is 5.32 Å². The van der Waals surface area contributed by atoms with Crippen LogP contribution in [0.1, 0.15) is 11.1 Å². The predicted octanol–water partition coefficient (Wildman–Crippen LogP) is 4.33. The van der Waals surface area contributed by atoms with Gasteiger partial charge in [0.05, 0.1) is 17.4 Å². The minimum absolute atomic E-state index is 0.202. The number of nitrogens with one attached hydrogen (secondary N) is 1. The fourth-order valence-electron chi connectivity index (χ4n) is 1.77. The lowest BCUT2D eigenvalue weighted by Gasteiger charge is -2.14. The molecule has 4 nitrogen and oxygen atoms in total. The van der Waals surface area contributed by atoms with E-state index in [0.29, 0.717) is 11.5 Å². The molecule has 0 saturated heterocycles. The van der Waals surface area contributed by atoms with Crippen LogP contribution in [0.2, 0.25) is 0 Å². The van der Waals surface area contributed by atoms with E-state index in [0.717, 1.165) is 12.1 Å². The summed E-state index contributed by atoms with van der Waals surface area (Å²) in [6, 6.07) is 3.89. The van der Waals surface area contributed by atoms with Crippen LogP contribution in [0.4, 0.5) is 19.0 Å². The Labute approximate surface area is 134 Å². The van der Waals surface area contributed by atoms with Gasteiger partial charge in [-0.2, -0.15) is 23.5 Å². The minimum Gasteiger partial charge on any atom is -0.372 e. The standard InChI is InChI=1S/C12H7Br2F3N4/c1-19-11-6(4-18)5-20-21(11)10-8(13)2-7(3-9(10)14)12(15,16)17/h2-3,5,19H,1H3. The molecule has 0 amide bonds. The summed E-state index contributed by atoms with van der Waals surface area (Å²) in [5.41, 5.74) is -0.131. The molecule has 2 aromatic rings. The molecule has 2 rings (SSSR count). The summed E-state index contributed by atoms with van der Waals surface area (Å²) >= 11 is 6.24. The molecule has 0 radical (unpaired) electrons. The van der Waals surface area contributed by atoms with Crippen LogP contribution in [-0.4, -0.2) is 16.8 Å². The second kappa shape index (κ2) is 5.69.